The van der Waals surface area contributed by atoms with E-state index in [1.54, 1.807) is 31.4 Å². The molecule has 11 heteroatoms. The van der Waals surface area contributed by atoms with Gasteiger partial charge in [-0.3, -0.25) is 4.79 Å². The summed E-state index contributed by atoms with van der Waals surface area (Å²) in [7, 11) is 1.56. The summed E-state index contributed by atoms with van der Waals surface area (Å²) in [5.74, 6) is -1.27. The van der Waals surface area contributed by atoms with Crippen LogP contribution in [0.5, 0.6) is 5.75 Å². The second-order valence-corrected chi connectivity index (χ2v) is 8.24. The first-order valence-corrected chi connectivity index (χ1v) is 11.1. The van der Waals surface area contributed by atoms with Crippen molar-refractivity contribution in [2.45, 2.75) is 24.8 Å². The summed E-state index contributed by atoms with van der Waals surface area (Å²) in [6.45, 7) is 3.74. The summed E-state index contributed by atoms with van der Waals surface area (Å²) >= 11 is 1.30. The van der Waals surface area contributed by atoms with Crippen LogP contribution >= 0.6 is 11.8 Å². The highest BCUT2D eigenvalue weighted by molar-refractivity contribution is 7.98. The Kier molecular flexibility index (Phi) is 6.82. The van der Waals surface area contributed by atoms with E-state index in [1.165, 1.54) is 16.4 Å². The maximum absolute atomic E-state index is 14.1. The lowest BCUT2D eigenvalue weighted by Crippen LogP contribution is -2.16. The van der Waals surface area contributed by atoms with Crippen LogP contribution in [-0.4, -0.2) is 38.0 Å². The molecule has 2 aromatic carbocycles. The molecular formula is C23H20F2N6O2S. The first-order chi connectivity index (χ1) is 16.3. The molecule has 4 rings (SSSR count). The number of anilines is 1. The van der Waals surface area contributed by atoms with Crippen molar-refractivity contribution in [3.05, 3.63) is 82.9 Å². The zero-order chi connectivity index (χ0) is 24.2. The summed E-state index contributed by atoms with van der Waals surface area (Å²) in [6, 6.07) is 11.7. The topological polar surface area (TPSA) is 94.8 Å². The standard InChI is InChI=1S/C23H20F2N6O2S/c1-13-10-14(2)27-23(26-13)34-12-20-21(22(32)28-19-11-15(24)4-9-18(19)25)29-30-31(20)16-5-7-17(33-3)8-6-16/h4-11H,12H2,1-3H3,(H,28,32). The Labute approximate surface area is 198 Å². The second-order valence-electron chi connectivity index (χ2n) is 7.29. The zero-order valence-corrected chi connectivity index (χ0v) is 19.4. The molecule has 0 aliphatic heterocycles. The number of ether oxygens (including phenoxy) is 1. The molecule has 0 spiro atoms. The highest BCUT2D eigenvalue weighted by Crippen LogP contribution is 2.25. The van der Waals surface area contributed by atoms with Gasteiger partial charge >= 0.3 is 0 Å². The number of hydrogen-bond acceptors (Lipinski definition) is 7. The highest BCUT2D eigenvalue weighted by Gasteiger charge is 2.22. The number of hydrogen-bond donors (Lipinski definition) is 1. The van der Waals surface area contributed by atoms with Crippen LogP contribution < -0.4 is 10.1 Å². The van der Waals surface area contributed by atoms with Crippen LogP contribution in [-0.2, 0) is 5.75 Å². The van der Waals surface area contributed by atoms with E-state index in [-0.39, 0.29) is 17.1 Å². The van der Waals surface area contributed by atoms with Crippen molar-refractivity contribution < 1.29 is 18.3 Å². The molecule has 2 aromatic heterocycles. The van der Waals surface area contributed by atoms with Gasteiger partial charge in [-0.15, -0.1) is 5.10 Å². The summed E-state index contributed by atoms with van der Waals surface area (Å²) in [6.07, 6.45) is 0. The lowest BCUT2D eigenvalue weighted by atomic mass is 10.2. The van der Waals surface area contributed by atoms with Crippen molar-refractivity contribution in [3.63, 3.8) is 0 Å². The van der Waals surface area contributed by atoms with Crippen molar-refractivity contribution in [1.29, 1.82) is 0 Å². The van der Waals surface area contributed by atoms with E-state index in [1.807, 2.05) is 19.9 Å². The van der Waals surface area contributed by atoms with Crippen LogP contribution in [0.2, 0.25) is 0 Å². The number of aryl methyl sites for hydroxylation is 2. The van der Waals surface area contributed by atoms with Crippen LogP contribution in [0.3, 0.4) is 0 Å². The van der Waals surface area contributed by atoms with Gasteiger partial charge in [0.15, 0.2) is 10.9 Å². The molecule has 0 fully saturated rings. The van der Waals surface area contributed by atoms with E-state index in [9.17, 15) is 13.6 Å². The van der Waals surface area contributed by atoms with Gasteiger partial charge < -0.3 is 10.1 Å². The molecule has 1 N–H and O–H groups in total. The van der Waals surface area contributed by atoms with E-state index >= 15 is 0 Å². The fraction of sp³-hybridized carbons (Fsp3) is 0.174. The van der Waals surface area contributed by atoms with Crippen molar-refractivity contribution >= 4 is 23.4 Å². The number of methoxy groups -OCH3 is 1. The van der Waals surface area contributed by atoms with Gasteiger partial charge in [0.1, 0.15) is 17.4 Å². The molecule has 0 saturated heterocycles. The summed E-state index contributed by atoms with van der Waals surface area (Å²) in [5.41, 5.74) is 2.39. The first kappa shape index (κ1) is 23.3. The lowest BCUT2D eigenvalue weighted by Gasteiger charge is -2.10. The Morgan fingerprint density at radius 3 is 2.44 bits per heavy atom. The van der Waals surface area contributed by atoms with Gasteiger partial charge in [-0.1, -0.05) is 17.0 Å². The molecule has 1 amide bonds. The fourth-order valence-electron chi connectivity index (χ4n) is 3.20. The number of benzene rings is 2. The average molecular weight is 483 g/mol. The van der Waals surface area contributed by atoms with Crippen LogP contribution in [0.1, 0.15) is 27.6 Å². The predicted molar refractivity (Wildman–Crippen MR) is 123 cm³/mol. The van der Waals surface area contributed by atoms with Gasteiger partial charge in [0.25, 0.3) is 5.91 Å². The van der Waals surface area contributed by atoms with E-state index in [2.05, 4.69) is 25.6 Å². The number of carbonyl (C=O) groups is 1. The molecule has 0 atom stereocenters. The van der Waals surface area contributed by atoms with E-state index < -0.39 is 17.5 Å². The number of carbonyl (C=O) groups excluding carboxylic acids is 1. The number of rotatable bonds is 7. The van der Waals surface area contributed by atoms with E-state index in [0.29, 0.717) is 22.3 Å². The second kappa shape index (κ2) is 9.96. The van der Waals surface area contributed by atoms with Crippen LogP contribution in [0.15, 0.2) is 53.7 Å². The number of nitrogens with one attached hydrogen (secondary N) is 1. The molecule has 34 heavy (non-hydrogen) atoms. The summed E-state index contributed by atoms with van der Waals surface area (Å²) < 4.78 is 34.3. The van der Waals surface area contributed by atoms with Crippen LogP contribution in [0.25, 0.3) is 5.69 Å². The predicted octanol–water partition coefficient (Wildman–Crippen LogP) is 4.51. The molecule has 0 radical (unpaired) electrons. The van der Waals surface area contributed by atoms with Crippen LogP contribution in [0, 0.1) is 25.5 Å². The third kappa shape index (κ3) is 5.20. The number of halogens is 2. The van der Waals surface area contributed by atoms with Gasteiger partial charge in [0, 0.05) is 23.2 Å². The van der Waals surface area contributed by atoms with Gasteiger partial charge in [-0.25, -0.2) is 23.4 Å². The minimum Gasteiger partial charge on any atom is -0.497 e. The smallest absolute Gasteiger partial charge is 0.278 e. The molecular weight excluding hydrogens is 462 g/mol. The molecule has 0 unspecified atom stereocenters. The number of nitrogens with zero attached hydrogens (tertiary/aromatic N) is 5. The molecule has 0 aliphatic rings. The fourth-order valence-corrected chi connectivity index (χ4v) is 4.15. The largest absolute Gasteiger partial charge is 0.497 e. The molecule has 174 valence electrons. The van der Waals surface area contributed by atoms with Crippen LogP contribution in [0.4, 0.5) is 14.5 Å². The van der Waals surface area contributed by atoms with E-state index in [4.69, 9.17) is 4.74 Å². The molecule has 0 aliphatic carbocycles. The molecule has 2 heterocycles. The average Bonchev–Trinajstić information content (AvgIpc) is 3.23. The maximum Gasteiger partial charge on any atom is 0.278 e. The van der Waals surface area contributed by atoms with Gasteiger partial charge in [-0.05, 0) is 56.3 Å². The molecule has 0 saturated carbocycles. The van der Waals surface area contributed by atoms with Crippen molar-refractivity contribution in [1.82, 2.24) is 25.0 Å². The first-order valence-electron chi connectivity index (χ1n) is 10.1. The Morgan fingerprint density at radius 1 is 1.06 bits per heavy atom. The van der Waals surface area contributed by atoms with Gasteiger partial charge in [0.2, 0.25) is 0 Å². The Balaban J connectivity index is 1.69. The van der Waals surface area contributed by atoms with Gasteiger partial charge in [0.05, 0.1) is 24.2 Å². The minimum absolute atomic E-state index is 0.0312. The third-order valence-electron chi connectivity index (χ3n) is 4.77. The quantitative estimate of drug-likeness (QED) is 0.306. The Hall–Kier alpha value is -3.86. The SMILES string of the molecule is COc1ccc(-n2nnc(C(=O)Nc3cc(F)ccc3F)c2CSc2nc(C)cc(C)n2)cc1. The van der Waals surface area contributed by atoms with Crippen molar-refractivity contribution in [2.24, 2.45) is 0 Å². The summed E-state index contributed by atoms with van der Waals surface area (Å²) in [4.78, 5) is 21.8. The molecule has 0 bridgehead atoms. The van der Waals surface area contributed by atoms with Crippen molar-refractivity contribution in [2.75, 3.05) is 12.4 Å². The third-order valence-corrected chi connectivity index (χ3v) is 5.63. The minimum atomic E-state index is -0.767. The Bertz CT molecular complexity index is 1320. The monoisotopic (exact) mass is 482 g/mol. The Morgan fingerprint density at radius 2 is 1.76 bits per heavy atom. The molecule has 4 aromatic rings. The molecule has 8 nitrogen and oxygen atoms in total. The van der Waals surface area contributed by atoms with E-state index in [0.717, 1.165) is 29.6 Å². The highest BCUT2D eigenvalue weighted by atomic mass is 32.2. The normalized spacial score (nSPS) is 10.9. The zero-order valence-electron chi connectivity index (χ0n) is 18.5. The number of amides is 1. The van der Waals surface area contributed by atoms with Crippen molar-refractivity contribution in [3.8, 4) is 11.4 Å². The summed E-state index contributed by atoms with van der Waals surface area (Å²) in [5, 5.41) is 11.1. The number of aromatic nitrogens is 5. The number of thioether (sulfide) groups is 1. The lowest BCUT2D eigenvalue weighted by molar-refractivity contribution is 0.102. The van der Waals surface area contributed by atoms with Gasteiger partial charge in [-0.2, -0.15) is 0 Å². The maximum atomic E-state index is 14.1.